The van der Waals surface area contributed by atoms with E-state index < -0.39 is 0 Å². The Morgan fingerprint density at radius 3 is 2.15 bits per heavy atom. The van der Waals surface area contributed by atoms with E-state index in [1.807, 2.05) is 34.6 Å². The molecule has 4 N–H and O–H groups in total. The summed E-state index contributed by atoms with van der Waals surface area (Å²) in [6.45, 7) is 10.5. The van der Waals surface area contributed by atoms with Crippen molar-refractivity contribution in [3.63, 3.8) is 0 Å². The van der Waals surface area contributed by atoms with Crippen LogP contribution in [0, 0.1) is 5.92 Å². The van der Waals surface area contributed by atoms with Crippen molar-refractivity contribution in [1.82, 2.24) is 0 Å². The summed E-state index contributed by atoms with van der Waals surface area (Å²) in [5.41, 5.74) is 10.7. The Labute approximate surface area is 130 Å². The molecule has 0 spiro atoms. The van der Waals surface area contributed by atoms with Gasteiger partial charge in [0.2, 0.25) is 0 Å². The standard InChI is InChI=1S/C8H17NO.C5H9NOSe.C2H6/c1-7(2)8(10)5-3-4-6-9;1-3-5(7)4(6)2-8-3;1-2/h7H,3-6,9H2,1-2H3;3-4H,2,6H2,1H3;1-2H3. The molecule has 1 aliphatic rings. The predicted octanol–water partition coefficient (Wildman–Crippen LogP) is 2.19. The summed E-state index contributed by atoms with van der Waals surface area (Å²) in [6.07, 6.45) is 2.63. The van der Waals surface area contributed by atoms with Crippen LogP contribution >= 0.6 is 0 Å². The molecule has 1 rings (SSSR count). The number of Topliss-reactive ketones (excluding diaryl/α,β-unsaturated/α-hetero) is 2. The molecule has 0 aromatic rings. The third kappa shape index (κ3) is 10.6. The second-order valence-electron chi connectivity index (χ2n) is 4.85. The summed E-state index contributed by atoms with van der Waals surface area (Å²) in [6, 6.07) is -0.120. The SMILES string of the molecule is CC.CC(C)C(=O)CCCCN.CC1[Se]CC(N)C1=O. The fourth-order valence-corrected chi connectivity index (χ4v) is 3.54. The predicted molar refractivity (Wildman–Crippen MR) is 87.1 cm³/mol. The fourth-order valence-electron chi connectivity index (χ4n) is 1.45. The number of rotatable bonds is 5. The van der Waals surface area contributed by atoms with Crippen molar-refractivity contribution in [1.29, 1.82) is 0 Å². The van der Waals surface area contributed by atoms with Gasteiger partial charge in [0.15, 0.2) is 0 Å². The molecule has 120 valence electrons. The average molecular weight is 351 g/mol. The summed E-state index contributed by atoms with van der Waals surface area (Å²) in [5.74, 6) is 0.816. The zero-order valence-corrected chi connectivity index (χ0v) is 15.4. The summed E-state index contributed by atoms with van der Waals surface area (Å²) in [7, 11) is 0. The molecule has 0 radical (unpaired) electrons. The average Bonchev–Trinajstić information content (AvgIpc) is 2.73. The van der Waals surface area contributed by atoms with E-state index in [9.17, 15) is 9.59 Å². The van der Waals surface area contributed by atoms with Gasteiger partial charge in [0.25, 0.3) is 0 Å². The Morgan fingerprint density at radius 2 is 1.90 bits per heavy atom. The van der Waals surface area contributed by atoms with E-state index in [0.29, 0.717) is 33.7 Å². The number of unbranched alkanes of at least 4 members (excludes halogenated alkanes) is 1. The molecule has 0 aliphatic carbocycles. The van der Waals surface area contributed by atoms with Gasteiger partial charge in [-0.05, 0) is 19.4 Å². The number of hydrogen-bond donors (Lipinski definition) is 2. The van der Waals surface area contributed by atoms with Crippen LogP contribution in [0.1, 0.15) is 53.9 Å². The molecule has 2 unspecified atom stereocenters. The molecule has 1 heterocycles. The van der Waals surface area contributed by atoms with E-state index in [0.717, 1.165) is 18.2 Å². The first-order chi connectivity index (χ1) is 9.40. The third-order valence-corrected chi connectivity index (χ3v) is 5.51. The van der Waals surface area contributed by atoms with Gasteiger partial charge in [0.1, 0.15) is 5.78 Å². The van der Waals surface area contributed by atoms with Crippen molar-refractivity contribution in [3.8, 4) is 0 Å². The Hall–Kier alpha value is -0.221. The first kappa shape index (κ1) is 22.1. The zero-order chi connectivity index (χ0) is 16.1. The number of carbonyl (C=O) groups is 2. The molecule has 4 nitrogen and oxygen atoms in total. The van der Waals surface area contributed by atoms with Crippen LogP contribution in [0.25, 0.3) is 0 Å². The van der Waals surface area contributed by atoms with Gasteiger partial charge >= 0.3 is 54.4 Å². The third-order valence-electron chi connectivity index (χ3n) is 2.81. The summed E-state index contributed by atoms with van der Waals surface area (Å²) in [5, 5.41) is 0.951. The van der Waals surface area contributed by atoms with Gasteiger partial charge in [-0.3, -0.25) is 4.79 Å². The molecule has 0 bridgehead atoms. The van der Waals surface area contributed by atoms with Gasteiger partial charge in [-0.1, -0.05) is 27.7 Å². The summed E-state index contributed by atoms with van der Waals surface area (Å²) < 4.78 is 0. The number of hydrogen-bond acceptors (Lipinski definition) is 4. The Kier molecular flexibility index (Phi) is 15.2. The van der Waals surface area contributed by atoms with Gasteiger partial charge in [0, 0.05) is 12.3 Å². The molecule has 0 aromatic carbocycles. The normalized spacial score (nSPS) is 20.9. The second-order valence-corrected chi connectivity index (χ2v) is 7.73. The van der Waals surface area contributed by atoms with Crippen LogP contribution in [-0.2, 0) is 9.59 Å². The molecular formula is C15H32N2O2Se. The van der Waals surface area contributed by atoms with Crippen LogP contribution in [-0.4, -0.2) is 39.1 Å². The van der Waals surface area contributed by atoms with Crippen molar-refractivity contribution >= 4 is 26.5 Å². The number of nitrogens with two attached hydrogens (primary N) is 2. The molecule has 1 saturated heterocycles. The van der Waals surface area contributed by atoms with Crippen LogP contribution in [0.2, 0.25) is 10.1 Å². The van der Waals surface area contributed by atoms with Crippen molar-refractivity contribution in [3.05, 3.63) is 0 Å². The molecule has 0 saturated carbocycles. The first-order valence-corrected chi connectivity index (χ1v) is 9.73. The summed E-state index contributed by atoms with van der Waals surface area (Å²) in [4.78, 5) is 22.1. The van der Waals surface area contributed by atoms with Crippen LogP contribution in [0.5, 0.6) is 0 Å². The van der Waals surface area contributed by atoms with Gasteiger partial charge in [-0.2, -0.15) is 0 Å². The minimum absolute atomic E-state index is 0.120. The number of carbonyl (C=O) groups excluding carboxylic acids is 2. The van der Waals surface area contributed by atoms with Crippen LogP contribution in [0.3, 0.4) is 0 Å². The Bertz CT molecular complexity index is 259. The molecule has 1 fully saturated rings. The Balaban J connectivity index is 0. The topological polar surface area (TPSA) is 86.2 Å². The molecule has 0 amide bonds. The quantitative estimate of drug-likeness (QED) is 0.587. The van der Waals surface area contributed by atoms with Crippen LogP contribution < -0.4 is 11.5 Å². The van der Waals surface area contributed by atoms with Gasteiger partial charge in [0.05, 0.1) is 0 Å². The van der Waals surface area contributed by atoms with E-state index in [2.05, 4.69) is 0 Å². The van der Waals surface area contributed by atoms with Crippen molar-refractivity contribution in [2.75, 3.05) is 6.54 Å². The first-order valence-electron chi connectivity index (χ1n) is 7.53. The van der Waals surface area contributed by atoms with Gasteiger partial charge < -0.3 is 5.73 Å². The summed E-state index contributed by atoms with van der Waals surface area (Å²) >= 11 is 0.497. The van der Waals surface area contributed by atoms with E-state index in [1.165, 1.54) is 0 Å². The second kappa shape index (κ2) is 13.7. The zero-order valence-electron chi connectivity index (χ0n) is 13.6. The van der Waals surface area contributed by atoms with Crippen LogP contribution in [0.4, 0.5) is 0 Å². The minimum atomic E-state index is -0.120. The van der Waals surface area contributed by atoms with Crippen molar-refractivity contribution < 1.29 is 9.59 Å². The molecule has 20 heavy (non-hydrogen) atoms. The molecule has 5 heteroatoms. The number of ketones is 2. The van der Waals surface area contributed by atoms with Gasteiger partial charge in [-0.15, -0.1) is 0 Å². The van der Waals surface area contributed by atoms with E-state index in [-0.39, 0.29) is 22.6 Å². The molecule has 0 aromatic heterocycles. The van der Waals surface area contributed by atoms with E-state index in [1.54, 1.807) is 0 Å². The van der Waals surface area contributed by atoms with E-state index in [4.69, 9.17) is 11.5 Å². The molecule has 1 aliphatic heterocycles. The van der Waals surface area contributed by atoms with Gasteiger partial charge in [-0.25, -0.2) is 0 Å². The maximum absolute atomic E-state index is 11.0. The van der Waals surface area contributed by atoms with E-state index >= 15 is 0 Å². The fraction of sp³-hybridized carbons (Fsp3) is 0.867. The van der Waals surface area contributed by atoms with Crippen LogP contribution in [0.15, 0.2) is 0 Å². The molecular weight excluding hydrogens is 319 g/mol. The van der Waals surface area contributed by atoms with Crippen molar-refractivity contribution in [2.45, 2.75) is 70.1 Å². The monoisotopic (exact) mass is 352 g/mol. The molecule has 2 atom stereocenters. The van der Waals surface area contributed by atoms with Crippen molar-refractivity contribution in [2.24, 2.45) is 17.4 Å². The maximum atomic E-state index is 11.0. The Morgan fingerprint density at radius 1 is 1.35 bits per heavy atom.